The molecule has 20 heavy (non-hydrogen) atoms. The number of nitrogens with zero attached hydrogens (tertiary/aromatic N) is 2. The van der Waals surface area contributed by atoms with Gasteiger partial charge in [-0.2, -0.15) is 5.26 Å². The molecule has 1 unspecified atom stereocenters. The van der Waals surface area contributed by atoms with Crippen LogP contribution in [0.3, 0.4) is 0 Å². The molecule has 1 aliphatic heterocycles. The van der Waals surface area contributed by atoms with E-state index in [-0.39, 0.29) is 12.5 Å². The summed E-state index contributed by atoms with van der Waals surface area (Å²) in [6.07, 6.45) is 3.92. The summed E-state index contributed by atoms with van der Waals surface area (Å²) in [4.78, 5) is 12.9. The number of carboxylic acids is 1. The summed E-state index contributed by atoms with van der Waals surface area (Å²) >= 11 is 5.93. The second-order valence-corrected chi connectivity index (χ2v) is 5.49. The number of benzene rings is 1. The predicted octanol–water partition coefficient (Wildman–Crippen LogP) is 3.44. The third-order valence-electron chi connectivity index (χ3n) is 3.71. The van der Waals surface area contributed by atoms with E-state index in [1.54, 1.807) is 12.1 Å². The third kappa shape index (κ3) is 3.43. The Bertz CT molecular complexity index is 539. The van der Waals surface area contributed by atoms with E-state index in [4.69, 9.17) is 16.7 Å². The summed E-state index contributed by atoms with van der Waals surface area (Å²) in [5.74, 6) is -0.771. The van der Waals surface area contributed by atoms with Gasteiger partial charge in [0.2, 0.25) is 0 Å². The average molecular weight is 293 g/mol. The van der Waals surface area contributed by atoms with Crippen molar-refractivity contribution in [3.63, 3.8) is 0 Å². The van der Waals surface area contributed by atoms with E-state index in [2.05, 4.69) is 11.0 Å². The first-order valence-corrected chi connectivity index (χ1v) is 7.17. The van der Waals surface area contributed by atoms with Gasteiger partial charge in [0.05, 0.1) is 11.3 Å². The summed E-state index contributed by atoms with van der Waals surface area (Å²) < 4.78 is 0. The fourth-order valence-electron chi connectivity index (χ4n) is 2.76. The van der Waals surface area contributed by atoms with Gasteiger partial charge >= 0.3 is 5.97 Å². The van der Waals surface area contributed by atoms with Crippen LogP contribution in [0.25, 0.3) is 0 Å². The van der Waals surface area contributed by atoms with E-state index in [9.17, 15) is 10.1 Å². The number of nitriles is 1. The lowest BCUT2D eigenvalue weighted by atomic mass is 9.96. The Morgan fingerprint density at radius 3 is 3.00 bits per heavy atom. The predicted molar refractivity (Wildman–Crippen MR) is 78.0 cm³/mol. The number of hydrogen-bond donors (Lipinski definition) is 1. The Morgan fingerprint density at radius 2 is 2.30 bits per heavy atom. The zero-order valence-corrected chi connectivity index (χ0v) is 11.9. The molecule has 1 aliphatic rings. The van der Waals surface area contributed by atoms with Crippen LogP contribution in [0.2, 0.25) is 5.02 Å². The molecule has 1 aromatic rings. The maximum absolute atomic E-state index is 10.8. The zero-order chi connectivity index (χ0) is 14.5. The Morgan fingerprint density at radius 1 is 1.50 bits per heavy atom. The minimum atomic E-state index is -0.771. The number of anilines is 1. The molecule has 1 N–H and O–H groups in total. The smallest absolute Gasteiger partial charge is 0.303 e. The fraction of sp³-hybridized carbons (Fsp3) is 0.467. The summed E-state index contributed by atoms with van der Waals surface area (Å²) in [5.41, 5.74) is 1.42. The highest BCUT2D eigenvalue weighted by atomic mass is 35.5. The van der Waals surface area contributed by atoms with Gasteiger partial charge in [0.1, 0.15) is 6.07 Å². The molecule has 1 saturated heterocycles. The van der Waals surface area contributed by atoms with Crippen LogP contribution >= 0.6 is 11.6 Å². The average Bonchev–Trinajstić information content (AvgIpc) is 2.45. The van der Waals surface area contributed by atoms with Crippen molar-refractivity contribution in [3.05, 3.63) is 28.8 Å². The number of hydrogen-bond acceptors (Lipinski definition) is 3. The number of piperidine rings is 1. The molecule has 1 fully saturated rings. The molecule has 0 bridgehead atoms. The molecule has 4 nitrogen and oxygen atoms in total. The van der Waals surface area contributed by atoms with Crippen molar-refractivity contribution in [1.29, 1.82) is 5.26 Å². The molecule has 0 radical (unpaired) electrons. The second kappa shape index (κ2) is 6.62. The summed E-state index contributed by atoms with van der Waals surface area (Å²) in [7, 11) is 0. The van der Waals surface area contributed by atoms with Crippen LogP contribution in [-0.4, -0.2) is 23.7 Å². The van der Waals surface area contributed by atoms with Crippen molar-refractivity contribution in [1.82, 2.24) is 0 Å². The topological polar surface area (TPSA) is 64.3 Å². The first-order valence-electron chi connectivity index (χ1n) is 6.80. The van der Waals surface area contributed by atoms with Gasteiger partial charge in [0, 0.05) is 24.0 Å². The molecule has 106 valence electrons. The van der Waals surface area contributed by atoms with Crippen molar-refractivity contribution >= 4 is 23.3 Å². The van der Waals surface area contributed by atoms with E-state index in [1.165, 1.54) is 0 Å². The molecule has 2 rings (SSSR count). The Labute approximate surface area is 123 Å². The minimum absolute atomic E-state index is 0.163. The lowest BCUT2D eigenvalue weighted by Crippen LogP contribution is -2.40. The number of rotatable bonds is 4. The summed E-state index contributed by atoms with van der Waals surface area (Å²) in [5, 5.41) is 18.6. The highest BCUT2D eigenvalue weighted by molar-refractivity contribution is 6.30. The number of carboxylic acid groups (broad SMARTS) is 1. The molecular weight excluding hydrogens is 276 g/mol. The van der Waals surface area contributed by atoms with Crippen LogP contribution in [0.15, 0.2) is 18.2 Å². The van der Waals surface area contributed by atoms with Gasteiger partial charge < -0.3 is 10.0 Å². The van der Waals surface area contributed by atoms with Gasteiger partial charge in [-0.3, -0.25) is 4.79 Å². The molecule has 0 aromatic heterocycles. The van der Waals surface area contributed by atoms with Gasteiger partial charge in [-0.25, -0.2) is 0 Å². The van der Waals surface area contributed by atoms with Crippen molar-refractivity contribution in [2.45, 2.75) is 38.1 Å². The van der Waals surface area contributed by atoms with E-state index in [0.29, 0.717) is 17.0 Å². The molecule has 5 heteroatoms. The van der Waals surface area contributed by atoms with E-state index < -0.39 is 5.97 Å². The minimum Gasteiger partial charge on any atom is -0.481 e. The van der Waals surface area contributed by atoms with Gasteiger partial charge in [-0.05, 0) is 43.9 Å². The van der Waals surface area contributed by atoms with Crippen LogP contribution < -0.4 is 4.90 Å². The summed E-state index contributed by atoms with van der Waals surface area (Å²) in [6, 6.07) is 7.67. The normalized spacial score (nSPS) is 18.6. The monoisotopic (exact) mass is 292 g/mol. The van der Waals surface area contributed by atoms with Crippen molar-refractivity contribution in [2.75, 3.05) is 11.4 Å². The highest BCUT2D eigenvalue weighted by Crippen LogP contribution is 2.31. The van der Waals surface area contributed by atoms with E-state index in [0.717, 1.165) is 31.5 Å². The van der Waals surface area contributed by atoms with Crippen LogP contribution in [0.4, 0.5) is 5.69 Å². The molecule has 0 amide bonds. The largest absolute Gasteiger partial charge is 0.481 e. The van der Waals surface area contributed by atoms with Crippen LogP contribution in [0, 0.1) is 11.3 Å². The second-order valence-electron chi connectivity index (χ2n) is 5.05. The van der Waals surface area contributed by atoms with E-state index >= 15 is 0 Å². The third-order valence-corrected chi connectivity index (χ3v) is 3.94. The lowest BCUT2D eigenvalue weighted by molar-refractivity contribution is -0.137. The number of halogens is 1. The standard InChI is InChI=1S/C15H17ClN2O2/c16-12-4-6-14(11(9-12)10-17)18-8-2-1-3-13(18)5-7-15(19)20/h4,6,9,13H,1-3,5,7-8H2,(H,19,20). The fourth-order valence-corrected chi connectivity index (χ4v) is 2.93. The summed E-state index contributed by atoms with van der Waals surface area (Å²) in [6.45, 7) is 0.862. The molecule has 1 aromatic carbocycles. The molecular formula is C15H17ClN2O2. The molecule has 0 saturated carbocycles. The highest BCUT2D eigenvalue weighted by Gasteiger charge is 2.25. The maximum Gasteiger partial charge on any atom is 0.303 e. The molecule has 1 atom stereocenters. The van der Waals surface area contributed by atoms with Gasteiger partial charge in [-0.1, -0.05) is 11.6 Å². The van der Waals surface area contributed by atoms with Gasteiger partial charge in [0.25, 0.3) is 0 Å². The maximum atomic E-state index is 10.8. The van der Waals surface area contributed by atoms with Crippen molar-refractivity contribution in [2.24, 2.45) is 0 Å². The Kier molecular flexibility index (Phi) is 4.86. The van der Waals surface area contributed by atoms with Crippen LogP contribution in [-0.2, 0) is 4.79 Å². The number of carbonyl (C=O) groups is 1. The Hall–Kier alpha value is -1.73. The van der Waals surface area contributed by atoms with Gasteiger partial charge in [0.15, 0.2) is 0 Å². The Balaban J connectivity index is 2.23. The van der Waals surface area contributed by atoms with Crippen LogP contribution in [0.5, 0.6) is 0 Å². The molecule has 0 spiro atoms. The number of aliphatic carboxylic acids is 1. The van der Waals surface area contributed by atoms with E-state index in [1.807, 2.05) is 6.07 Å². The first-order chi connectivity index (χ1) is 9.61. The quantitative estimate of drug-likeness (QED) is 0.923. The first kappa shape index (κ1) is 14.7. The SMILES string of the molecule is N#Cc1cc(Cl)ccc1N1CCCCC1CCC(=O)O. The van der Waals surface area contributed by atoms with Gasteiger partial charge in [-0.15, -0.1) is 0 Å². The van der Waals surface area contributed by atoms with Crippen molar-refractivity contribution < 1.29 is 9.90 Å². The van der Waals surface area contributed by atoms with Crippen LogP contribution in [0.1, 0.15) is 37.7 Å². The molecule has 0 aliphatic carbocycles. The lowest BCUT2D eigenvalue weighted by Gasteiger charge is -2.38. The molecule has 1 heterocycles. The zero-order valence-electron chi connectivity index (χ0n) is 11.2. The van der Waals surface area contributed by atoms with Crippen molar-refractivity contribution in [3.8, 4) is 6.07 Å².